The van der Waals surface area contributed by atoms with E-state index in [9.17, 15) is 4.79 Å². The van der Waals surface area contributed by atoms with Crippen LogP contribution in [0.15, 0.2) is 46.1 Å². The lowest BCUT2D eigenvalue weighted by Gasteiger charge is -2.15. The summed E-state index contributed by atoms with van der Waals surface area (Å²) in [4.78, 5) is 13.6. The number of carbonyl (C=O) groups excluding carboxylic acids is 1. The summed E-state index contributed by atoms with van der Waals surface area (Å²) in [6.45, 7) is 6.80. The molecule has 0 aromatic carbocycles. The van der Waals surface area contributed by atoms with Crippen molar-refractivity contribution in [2.45, 2.75) is 39.5 Å². The fourth-order valence-corrected chi connectivity index (χ4v) is 3.61. The first-order valence-corrected chi connectivity index (χ1v) is 8.99. The van der Waals surface area contributed by atoms with Crippen LogP contribution in [0.3, 0.4) is 0 Å². The second kappa shape index (κ2) is 8.99. The maximum atomic E-state index is 10.5. The van der Waals surface area contributed by atoms with E-state index >= 15 is 0 Å². The Labute approximate surface area is 143 Å². The van der Waals surface area contributed by atoms with Gasteiger partial charge in [0.25, 0.3) is 0 Å². The van der Waals surface area contributed by atoms with E-state index in [2.05, 4.69) is 42.5 Å². The van der Waals surface area contributed by atoms with Gasteiger partial charge >= 0.3 is 0 Å². The van der Waals surface area contributed by atoms with Crippen LogP contribution in [0.4, 0.5) is 0 Å². The van der Waals surface area contributed by atoms with E-state index in [1.165, 1.54) is 22.5 Å². The minimum Gasteiger partial charge on any atom is -0.399 e. The van der Waals surface area contributed by atoms with Crippen LogP contribution in [-0.4, -0.2) is 35.4 Å². The molecular formula is C18H27N3OS. The zero-order chi connectivity index (χ0) is 16.7. The number of hydrogen-bond acceptors (Lipinski definition) is 4. The fourth-order valence-electron chi connectivity index (χ4n) is 2.58. The van der Waals surface area contributed by atoms with Crippen LogP contribution in [0.25, 0.3) is 0 Å². The Kier molecular flexibility index (Phi) is 6.99. The molecule has 1 amide bonds. The number of carbonyl (C=O) groups is 1. The van der Waals surface area contributed by atoms with Gasteiger partial charge in [-0.2, -0.15) is 0 Å². The van der Waals surface area contributed by atoms with Crippen molar-refractivity contribution in [3.8, 4) is 0 Å². The van der Waals surface area contributed by atoms with Gasteiger partial charge in [0, 0.05) is 23.7 Å². The first-order valence-electron chi connectivity index (χ1n) is 8.21. The van der Waals surface area contributed by atoms with Crippen LogP contribution >= 0.6 is 11.9 Å². The van der Waals surface area contributed by atoms with Gasteiger partial charge in [0.05, 0.1) is 6.67 Å². The van der Waals surface area contributed by atoms with Gasteiger partial charge < -0.3 is 10.6 Å². The van der Waals surface area contributed by atoms with E-state index < -0.39 is 0 Å². The minimum absolute atomic E-state index is 0.749. The molecule has 0 radical (unpaired) electrons. The van der Waals surface area contributed by atoms with Crippen molar-refractivity contribution in [1.29, 1.82) is 0 Å². The molecule has 0 aromatic heterocycles. The normalized spacial score (nSPS) is 21.6. The SMILES string of the molecule is CC1=C(C)C(N)=CCC1.O=CN1CCN(SC2=CCCC=C2)C1. The molecule has 0 aromatic rings. The highest BCUT2D eigenvalue weighted by molar-refractivity contribution is 8.01. The number of nitrogens with two attached hydrogens (primary N) is 1. The van der Waals surface area contributed by atoms with Gasteiger partial charge in [-0.1, -0.05) is 29.9 Å². The van der Waals surface area contributed by atoms with E-state index in [1.807, 2.05) is 0 Å². The van der Waals surface area contributed by atoms with Crippen molar-refractivity contribution < 1.29 is 4.79 Å². The summed E-state index contributed by atoms with van der Waals surface area (Å²) >= 11 is 1.75. The Morgan fingerprint density at radius 3 is 2.57 bits per heavy atom. The molecule has 126 valence electrons. The molecule has 4 nitrogen and oxygen atoms in total. The first-order chi connectivity index (χ1) is 11.1. The van der Waals surface area contributed by atoms with Crippen molar-refractivity contribution in [2.24, 2.45) is 5.73 Å². The standard InChI is InChI=1S/C10H14N2OS.C8H13N/c13-9-11-6-7-12(8-11)14-10-4-2-1-3-5-10;1-6-4-3-5-8(9)7(6)2/h2,4-5,9H,1,3,6-8H2;5H,3-4,9H2,1-2H3. The second-order valence-corrected chi connectivity index (χ2v) is 7.22. The van der Waals surface area contributed by atoms with E-state index in [0.717, 1.165) is 51.1 Å². The molecule has 23 heavy (non-hydrogen) atoms. The van der Waals surface area contributed by atoms with Crippen molar-refractivity contribution in [1.82, 2.24) is 9.21 Å². The maximum absolute atomic E-state index is 10.5. The summed E-state index contributed by atoms with van der Waals surface area (Å²) in [6, 6.07) is 0. The van der Waals surface area contributed by atoms with Crippen LogP contribution in [0.5, 0.6) is 0 Å². The van der Waals surface area contributed by atoms with Gasteiger partial charge in [-0.05, 0) is 57.1 Å². The summed E-state index contributed by atoms with van der Waals surface area (Å²) in [5.41, 5.74) is 9.36. The van der Waals surface area contributed by atoms with Crippen molar-refractivity contribution in [2.75, 3.05) is 19.8 Å². The lowest BCUT2D eigenvalue weighted by atomic mass is 9.98. The lowest BCUT2D eigenvalue weighted by molar-refractivity contribution is -0.117. The largest absolute Gasteiger partial charge is 0.399 e. The second-order valence-electron chi connectivity index (χ2n) is 6.05. The molecular weight excluding hydrogens is 306 g/mol. The average Bonchev–Trinajstić information content (AvgIpc) is 3.02. The zero-order valence-electron chi connectivity index (χ0n) is 14.1. The Balaban J connectivity index is 0.000000185. The van der Waals surface area contributed by atoms with Crippen molar-refractivity contribution in [3.05, 3.63) is 46.1 Å². The Morgan fingerprint density at radius 2 is 2.00 bits per heavy atom. The highest BCUT2D eigenvalue weighted by atomic mass is 32.2. The molecule has 3 rings (SSSR count). The van der Waals surface area contributed by atoms with Crippen LogP contribution in [0.2, 0.25) is 0 Å². The topological polar surface area (TPSA) is 49.6 Å². The Hall–Kier alpha value is -1.46. The summed E-state index contributed by atoms with van der Waals surface area (Å²) in [7, 11) is 0. The Bertz CT molecular complexity index is 548. The fraction of sp³-hybridized carbons (Fsp3) is 0.500. The molecule has 2 aliphatic carbocycles. The van der Waals surface area contributed by atoms with E-state index in [1.54, 1.807) is 16.8 Å². The molecule has 0 spiro atoms. The molecule has 1 saturated heterocycles. The molecule has 0 unspecified atom stereocenters. The van der Waals surface area contributed by atoms with Gasteiger partial charge in [-0.25, -0.2) is 4.31 Å². The monoisotopic (exact) mass is 333 g/mol. The van der Waals surface area contributed by atoms with E-state index in [0.29, 0.717) is 0 Å². The van der Waals surface area contributed by atoms with Crippen LogP contribution in [-0.2, 0) is 4.79 Å². The van der Waals surface area contributed by atoms with Crippen molar-refractivity contribution >= 4 is 18.4 Å². The van der Waals surface area contributed by atoms with Gasteiger partial charge in [0.15, 0.2) is 0 Å². The van der Waals surface area contributed by atoms with E-state index in [-0.39, 0.29) is 0 Å². The molecule has 0 bridgehead atoms. The van der Waals surface area contributed by atoms with Crippen molar-refractivity contribution in [3.63, 3.8) is 0 Å². The molecule has 1 heterocycles. The van der Waals surface area contributed by atoms with Crippen LogP contribution in [0, 0.1) is 0 Å². The summed E-state index contributed by atoms with van der Waals surface area (Å²) in [5.74, 6) is 0. The minimum atomic E-state index is 0.749. The number of amides is 1. The van der Waals surface area contributed by atoms with Gasteiger partial charge in [0.2, 0.25) is 6.41 Å². The van der Waals surface area contributed by atoms with Crippen LogP contribution < -0.4 is 5.73 Å². The third-order valence-corrected chi connectivity index (χ3v) is 5.35. The number of rotatable bonds is 3. The summed E-state index contributed by atoms with van der Waals surface area (Å²) in [6.07, 6.45) is 14.3. The van der Waals surface area contributed by atoms with Crippen LogP contribution in [0.1, 0.15) is 39.5 Å². The molecule has 3 aliphatic rings. The first kappa shape index (κ1) is 17.9. The lowest BCUT2D eigenvalue weighted by Crippen LogP contribution is -2.20. The smallest absolute Gasteiger partial charge is 0.210 e. The highest BCUT2D eigenvalue weighted by Gasteiger charge is 2.19. The predicted molar refractivity (Wildman–Crippen MR) is 98.3 cm³/mol. The maximum Gasteiger partial charge on any atom is 0.210 e. The Morgan fingerprint density at radius 1 is 1.17 bits per heavy atom. The summed E-state index contributed by atoms with van der Waals surface area (Å²) < 4.78 is 2.22. The molecule has 5 heteroatoms. The molecule has 0 saturated carbocycles. The number of hydrogen-bond donors (Lipinski definition) is 1. The molecule has 1 fully saturated rings. The third-order valence-electron chi connectivity index (χ3n) is 4.28. The third kappa shape index (κ3) is 5.59. The molecule has 0 atom stereocenters. The van der Waals surface area contributed by atoms with Gasteiger partial charge in [0.1, 0.15) is 0 Å². The zero-order valence-corrected chi connectivity index (χ0v) is 14.9. The summed E-state index contributed by atoms with van der Waals surface area (Å²) in [5, 5.41) is 0. The molecule has 2 N–H and O–H groups in total. The molecule has 1 aliphatic heterocycles. The van der Waals surface area contributed by atoms with Gasteiger partial charge in [-0.15, -0.1) is 0 Å². The average molecular weight is 334 g/mol. The highest BCUT2D eigenvalue weighted by Crippen LogP contribution is 2.27. The van der Waals surface area contributed by atoms with Gasteiger partial charge in [-0.3, -0.25) is 4.79 Å². The quantitative estimate of drug-likeness (QED) is 0.634. The number of allylic oxidation sites excluding steroid dienone is 6. The number of nitrogens with zero attached hydrogens (tertiary/aromatic N) is 2. The van der Waals surface area contributed by atoms with E-state index in [4.69, 9.17) is 5.73 Å². The predicted octanol–water partition coefficient (Wildman–Crippen LogP) is 3.56.